The van der Waals surface area contributed by atoms with Crippen LogP contribution in [0.25, 0.3) is 0 Å². The van der Waals surface area contributed by atoms with Crippen LogP contribution in [0.2, 0.25) is 5.04 Å². The predicted octanol–water partition coefficient (Wildman–Crippen LogP) is 5.14. The van der Waals surface area contributed by atoms with Gasteiger partial charge in [-0.25, -0.2) is 0 Å². The van der Waals surface area contributed by atoms with Crippen molar-refractivity contribution >= 4 is 25.8 Å². The number of rotatable bonds is 5. The monoisotopic (exact) mass is 460 g/mol. The highest BCUT2D eigenvalue weighted by Crippen LogP contribution is 2.37. The van der Waals surface area contributed by atoms with Crippen molar-refractivity contribution in [1.82, 2.24) is 0 Å². The van der Waals surface area contributed by atoms with Crippen molar-refractivity contribution in [2.45, 2.75) is 71.6 Å². The summed E-state index contributed by atoms with van der Waals surface area (Å²) in [5.74, 6) is 6.33. The van der Waals surface area contributed by atoms with Crippen LogP contribution >= 0.6 is 0 Å². The third-order valence-corrected chi connectivity index (χ3v) is 11.8. The van der Waals surface area contributed by atoms with Crippen molar-refractivity contribution in [2.75, 3.05) is 6.61 Å². The number of benzene rings is 2. The minimum absolute atomic E-state index is 0.0498. The van der Waals surface area contributed by atoms with Gasteiger partial charge in [-0.3, -0.25) is 0 Å². The van der Waals surface area contributed by atoms with Gasteiger partial charge in [-0.15, -0.1) is 0 Å². The number of hydrogen-bond donors (Lipinski definition) is 0. The average Bonchev–Trinajstić information content (AvgIpc) is 2.96. The molecule has 1 fully saturated rings. The van der Waals surface area contributed by atoms with Crippen molar-refractivity contribution in [3.05, 3.63) is 72.3 Å². The molecule has 0 aromatic heterocycles. The lowest BCUT2D eigenvalue weighted by Crippen LogP contribution is -2.66. The van der Waals surface area contributed by atoms with E-state index in [2.05, 4.69) is 99.3 Å². The molecule has 1 aliphatic heterocycles. The maximum Gasteiger partial charge on any atom is 0.551 e. The van der Waals surface area contributed by atoms with Gasteiger partial charge in [0.25, 0.3) is 8.32 Å². The first-order valence-corrected chi connectivity index (χ1v) is 13.6. The summed E-state index contributed by atoms with van der Waals surface area (Å²) in [6.45, 7) is 17.5. The lowest BCUT2D eigenvalue weighted by Gasteiger charge is -2.42. The third kappa shape index (κ3) is 5.36. The van der Waals surface area contributed by atoms with E-state index in [0.29, 0.717) is 6.61 Å². The smallest absolute Gasteiger partial charge is 0.404 e. The molecule has 0 spiro atoms. The molecule has 2 aromatic carbocycles. The van der Waals surface area contributed by atoms with Gasteiger partial charge in [-0.05, 0) is 61.7 Å². The molecule has 5 heteroatoms. The molecule has 0 radical (unpaired) electrons. The second-order valence-corrected chi connectivity index (χ2v) is 15.0. The topological polar surface area (TPSA) is 27.7 Å². The Morgan fingerprint density at radius 3 is 1.79 bits per heavy atom. The Kier molecular flexibility index (Phi) is 7.46. The molecule has 3 rings (SSSR count). The molecule has 3 nitrogen and oxygen atoms in total. The maximum atomic E-state index is 6.91. The van der Waals surface area contributed by atoms with Crippen LogP contribution in [0.15, 0.2) is 72.3 Å². The van der Waals surface area contributed by atoms with Crippen molar-refractivity contribution < 1.29 is 13.7 Å². The standard InChI is InChI=1S/C28H37BO3Si/c1-23(19-21-29-31-27(5,6)28(7,8)32-29)20-22-30-33(26(2,3)4,24-15-11-9-12-16-24)25-17-13-10-14-18-25/h9-18,20H,22H2,1-8H3/b23-20+. The highest BCUT2D eigenvalue weighted by Gasteiger charge is 2.51. The van der Waals surface area contributed by atoms with Gasteiger partial charge >= 0.3 is 7.12 Å². The Balaban J connectivity index is 1.85. The van der Waals surface area contributed by atoms with Crippen molar-refractivity contribution in [3.8, 4) is 11.7 Å². The van der Waals surface area contributed by atoms with Gasteiger partial charge in [0.15, 0.2) is 0 Å². The van der Waals surface area contributed by atoms with Crippen LogP contribution in [-0.2, 0) is 13.7 Å². The van der Waals surface area contributed by atoms with Gasteiger partial charge in [0.2, 0.25) is 0 Å². The summed E-state index contributed by atoms with van der Waals surface area (Å²) < 4.78 is 18.9. The fraction of sp³-hybridized carbons (Fsp3) is 0.429. The van der Waals surface area contributed by atoms with Crippen molar-refractivity contribution in [1.29, 1.82) is 0 Å². The molecule has 0 bridgehead atoms. The van der Waals surface area contributed by atoms with Gasteiger partial charge in [0, 0.05) is 0 Å². The first-order chi connectivity index (χ1) is 15.4. The SMILES string of the molecule is C/C(C#CB1OC(C)(C)C(C)(C)O1)=C\CO[Si](c1ccccc1)(c1ccccc1)C(C)(C)C. The molecule has 0 aliphatic carbocycles. The molecular weight excluding hydrogens is 423 g/mol. The Morgan fingerprint density at radius 1 is 0.909 bits per heavy atom. The predicted molar refractivity (Wildman–Crippen MR) is 141 cm³/mol. The lowest BCUT2D eigenvalue weighted by atomic mass is 9.90. The Hall–Kier alpha value is -2.10. The van der Waals surface area contributed by atoms with E-state index in [4.69, 9.17) is 13.7 Å². The molecule has 0 amide bonds. The molecule has 1 saturated heterocycles. The van der Waals surface area contributed by atoms with E-state index < -0.39 is 15.4 Å². The Bertz CT molecular complexity index is 972. The third-order valence-electron chi connectivity index (χ3n) is 6.75. The molecule has 174 valence electrons. The zero-order chi connectivity index (χ0) is 24.3. The fourth-order valence-electron chi connectivity index (χ4n) is 4.18. The van der Waals surface area contributed by atoms with Crippen molar-refractivity contribution in [3.63, 3.8) is 0 Å². The summed E-state index contributed by atoms with van der Waals surface area (Å²) in [6.07, 6.45) is 2.07. The van der Waals surface area contributed by atoms with Gasteiger partial charge < -0.3 is 13.7 Å². The summed E-state index contributed by atoms with van der Waals surface area (Å²) >= 11 is 0. The minimum atomic E-state index is -2.54. The van der Waals surface area contributed by atoms with E-state index >= 15 is 0 Å². The summed E-state index contributed by atoms with van der Waals surface area (Å²) in [6, 6.07) is 21.4. The van der Waals surface area contributed by atoms with Crippen LogP contribution in [0.5, 0.6) is 0 Å². The van der Waals surface area contributed by atoms with E-state index in [9.17, 15) is 0 Å². The van der Waals surface area contributed by atoms with Crippen LogP contribution in [0.3, 0.4) is 0 Å². The lowest BCUT2D eigenvalue weighted by molar-refractivity contribution is 0.00578. The average molecular weight is 460 g/mol. The second kappa shape index (κ2) is 9.64. The first kappa shape index (κ1) is 25.5. The number of allylic oxidation sites excluding steroid dienone is 1. The highest BCUT2D eigenvalue weighted by molar-refractivity contribution is 6.99. The summed E-state index contributed by atoms with van der Waals surface area (Å²) in [5.41, 5.74) is 0.190. The molecule has 2 aromatic rings. The Labute approximate surface area is 201 Å². The van der Waals surface area contributed by atoms with E-state index in [0.717, 1.165) is 5.57 Å². The molecule has 0 N–H and O–H groups in total. The largest absolute Gasteiger partial charge is 0.551 e. The maximum absolute atomic E-state index is 6.91. The molecule has 0 atom stereocenters. The molecule has 33 heavy (non-hydrogen) atoms. The first-order valence-electron chi connectivity index (χ1n) is 11.7. The van der Waals surface area contributed by atoms with E-state index in [1.54, 1.807) is 0 Å². The van der Waals surface area contributed by atoms with Gasteiger partial charge in [0.05, 0.1) is 17.8 Å². The van der Waals surface area contributed by atoms with E-state index in [1.165, 1.54) is 10.4 Å². The highest BCUT2D eigenvalue weighted by atomic mass is 28.4. The fourth-order valence-corrected chi connectivity index (χ4v) is 8.67. The van der Waals surface area contributed by atoms with E-state index in [1.807, 2.05) is 34.6 Å². The Morgan fingerprint density at radius 2 is 1.36 bits per heavy atom. The molecular formula is C28H37BO3Si. The zero-order valence-corrected chi connectivity index (χ0v) is 22.4. The second-order valence-electron chi connectivity index (χ2n) is 10.7. The van der Waals surface area contributed by atoms with Crippen LogP contribution in [0, 0.1) is 11.7 Å². The molecule has 0 unspecified atom stereocenters. The van der Waals surface area contributed by atoms with Crippen molar-refractivity contribution in [2.24, 2.45) is 0 Å². The quantitative estimate of drug-likeness (QED) is 0.457. The molecule has 0 saturated carbocycles. The van der Waals surface area contributed by atoms with E-state index in [-0.39, 0.29) is 16.2 Å². The van der Waals surface area contributed by atoms with Gasteiger partial charge in [-0.2, -0.15) is 0 Å². The van der Waals surface area contributed by atoms with Crippen LogP contribution in [-0.4, -0.2) is 33.2 Å². The summed E-state index contributed by atoms with van der Waals surface area (Å²) in [4.78, 5) is 0. The minimum Gasteiger partial charge on any atom is -0.404 e. The number of hydrogen-bond acceptors (Lipinski definition) is 3. The van der Waals surface area contributed by atoms with Crippen LogP contribution in [0.4, 0.5) is 0 Å². The van der Waals surface area contributed by atoms with Gasteiger partial charge in [-0.1, -0.05) is 93.2 Å². The normalized spacial score (nSPS) is 18.1. The summed E-state index contributed by atoms with van der Waals surface area (Å²) in [5, 5.41) is 2.50. The molecule has 1 aliphatic rings. The summed E-state index contributed by atoms with van der Waals surface area (Å²) in [7, 11) is -3.06. The van der Waals surface area contributed by atoms with Gasteiger partial charge in [0.1, 0.15) is 0 Å². The molecule has 1 heterocycles. The van der Waals surface area contributed by atoms with Crippen LogP contribution < -0.4 is 10.4 Å². The zero-order valence-electron chi connectivity index (χ0n) is 21.4. The van der Waals surface area contributed by atoms with Crippen LogP contribution in [0.1, 0.15) is 55.4 Å².